The van der Waals surface area contributed by atoms with Gasteiger partial charge < -0.3 is 18.3 Å². The maximum atomic E-state index is 15.6. The Labute approximate surface area is 451 Å². The van der Waals surface area contributed by atoms with Crippen molar-refractivity contribution in [1.29, 1.82) is 5.26 Å². The van der Waals surface area contributed by atoms with Gasteiger partial charge in [0, 0.05) is 71.3 Å². The lowest BCUT2D eigenvalue weighted by Crippen LogP contribution is -2.14. The van der Waals surface area contributed by atoms with E-state index in [1.54, 1.807) is 30.3 Å². The number of nitrogens with zero attached hydrogens (tertiary/aromatic N) is 5. The normalized spacial score (nSPS) is 12.4. The molecule has 0 atom stereocenters. The molecular weight excluding hydrogens is 1010 g/mol. The quantitative estimate of drug-likeness (QED) is 0.153. The van der Waals surface area contributed by atoms with Crippen LogP contribution in [0.4, 0.5) is 26.3 Å². The van der Waals surface area contributed by atoms with E-state index < -0.39 is 29.0 Å². The molecule has 11 aromatic carbocycles. The SMILES string of the molecule is N#Cc1ccc(-n2c3ccccc3c3c2ccc2c4ccccc4n(-c4ccccc4)c23)c(-c2cc(-n3c4ccccc4c4c3ccc3c5ccccc5n(-c5ccccc5)c34)ccc2-c2c(C(F)(F)F)cccc2C(F)(F)F)c1. The molecule has 0 fully saturated rings. The van der Waals surface area contributed by atoms with Gasteiger partial charge in [0.05, 0.1) is 72.6 Å². The van der Waals surface area contributed by atoms with Gasteiger partial charge in [-0.1, -0.05) is 133 Å². The summed E-state index contributed by atoms with van der Waals surface area (Å²) in [6.45, 7) is 0. The highest BCUT2D eigenvalue weighted by Gasteiger charge is 2.42. The van der Waals surface area contributed by atoms with Crippen LogP contribution in [0.2, 0.25) is 0 Å². The fourth-order valence-electron chi connectivity index (χ4n) is 12.7. The lowest BCUT2D eigenvalue weighted by Gasteiger charge is -2.23. The van der Waals surface area contributed by atoms with Gasteiger partial charge in [0.1, 0.15) is 0 Å². The maximum absolute atomic E-state index is 15.6. The number of benzene rings is 11. The number of rotatable bonds is 6. The molecule has 15 rings (SSSR count). The fraction of sp³-hybridized carbons (Fsp3) is 0.0290. The van der Waals surface area contributed by atoms with Crippen LogP contribution in [-0.4, -0.2) is 18.3 Å². The van der Waals surface area contributed by atoms with Gasteiger partial charge in [-0.2, -0.15) is 31.6 Å². The van der Waals surface area contributed by atoms with Crippen LogP contribution in [0.15, 0.2) is 237 Å². The number of aromatic nitrogens is 4. The summed E-state index contributed by atoms with van der Waals surface area (Å²) in [7, 11) is 0. The van der Waals surface area contributed by atoms with Gasteiger partial charge >= 0.3 is 12.4 Å². The van der Waals surface area contributed by atoms with Crippen molar-refractivity contribution in [3.8, 4) is 51.1 Å². The molecule has 0 radical (unpaired) electrons. The summed E-state index contributed by atoms with van der Waals surface area (Å²) in [4.78, 5) is 0. The Bertz CT molecular complexity index is 5070. The van der Waals surface area contributed by atoms with Crippen molar-refractivity contribution in [2.75, 3.05) is 0 Å². The maximum Gasteiger partial charge on any atom is 0.417 e. The van der Waals surface area contributed by atoms with Gasteiger partial charge in [-0.15, -0.1) is 0 Å². The van der Waals surface area contributed by atoms with Crippen LogP contribution in [0.5, 0.6) is 0 Å². The number of fused-ring (bicyclic) bond motifs is 14. The monoisotopic (exact) mass is 1050 g/mol. The highest BCUT2D eigenvalue weighted by atomic mass is 19.4. The molecule has 0 unspecified atom stereocenters. The van der Waals surface area contributed by atoms with E-state index in [1.807, 2.05) is 143 Å². The molecule has 0 spiro atoms. The Kier molecular flexibility index (Phi) is 10.2. The van der Waals surface area contributed by atoms with E-state index in [9.17, 15) is 5.26 Å². The van der Waals surface area contributed by atoms with Crippen molar-refractivity contribution in [3.63, 3.8) is 0 Å². The molecule has 382 valence electrons. The first kappa shape index (κ1) is 46.9. The van der Waals surface area contributed by atoms with Gasteiger partial charge in [0.25, 0.3) is 0 Å². The minimum atomic E-state index is -5.20. The molecule has 0 aliphatic carbocycles. The van der Waals surface area contributed by atoms with Crippen molar-refractivity contribution in [1.82, 2.24) is 18.3 Å². The van der Waals surface area contributed by atoms with Crippen LogP contribution in [0.25, 0.3) is 132 Å². The molecule has 0 bridgehead atoms. The van der Waals surface area contributed by atoms with Gasteiger partial charge in [-0.3, -0.25) is 0 Å². The zero-order chi connectivity index (χ0) is 54.2. The van der Waals surface area contributed by atoms with E-state index in [-0.39, 0.29) is 22.3 Å². The lowest BCUT2D eigenvalue weighted by molar-refractivity contribution is -0.142. The molecule has 0 N–H and O–H groups in total. The largest absolute Gasteiger partial charge is 0.417 e. The Hall–Kier alpha value is -10.3. The zero-order valence-corrected chi connectivity index (χ0v) is 42.0. The third-order valence-corrected chi connectivity index (χ3v) is 15.8. The molecule has 4 aromatic heterocycles. The molecule has 0 amide bonds. The van der Waals surface area contributed by atoms with E-state index in [1.165, 1.54) is 6.07 Å². The summed E-state index contributed by atoms with van der Waals surface area (Å²) in [5, 5.41) is 18.3. The van der Waals surface area contributed by atoms with Gasteiger partial charge in [0.2, 0.25) is 0 Å². The predicted octanol–water partition coefficient (Wildman–Crippen LogP) is 19.3. The highest BCUT2D eigenvalue weighted by Crippen LogP contribution is 2.51. The van der Waals surface area contributed by atoms with E-state index in [0.29, 0.717) is 23.5 Å². The predicted molar refractivity (Wildman–Crippen MR) is 309 cm³/mol. The standard InChI is InChI=1S/C69H39F6N5/c70-68(71,72)54-24-15-25-55(69(73,74)75)63(54)47-32-31-44(77-58-28-13-9-22-50(58)64-61(77)36-33-48-45-20-7-11-26-56(45)78(66(48)64)42-16-3-1-4-17-42)39-52(47)53-38-41(40-76)30-35-60(53)80-59-29-14-10-23-51(59)65-62(80)37-34-49-46-21-8-12-27-57(46)79(67(49)65)43-18-5-2-6-19-43/h1-39H. The fourth-order valence-corrected chi connectivity index (χ4v) is 12.7. The minimum Gasteiger partial charge on any atom is -0.309 e. The molecule has 0 aliphatic heterocycles. The summed E-state index contributed by atoms with van der Waals surface area (Å²) >= 11 is 0. The van der Waals surface area contributed by atoms with Crippen LogP contribution < -0.4 is 0 Å². The van der Waals surface area contributed by atoms with E-state index in [0.717, 1.165) is 105 Å². The number of halogens is 6. The molecule has 0 saturated carbocycles. The molecule has 0 aliphatic rings. The van der Waals surface area contributed by atoms with Crippen LogP contribution in [0, 0.1) is 11.3 Å². The lowest BCUT2D eigenvalue weighted by atomic mass is 9.86. The van der Waals surface area contributed by atoms with Gasteiger partial charge in [0.15, 0.2) is 0 Å². The number of para-hydroxylation sites is 6. The summed E-state index contributed by atoms with van der Waals surface area (Å²) < 4.78 is 102. The molecule has 4 heterocycles. The Balaban J connectivity index is 1.08. The zero-order valence-electron chi connectivity index (χ0n) is 42.0. The first-order valence-corrected chi connectivity index (χ1v) is 26.0. The van der Waals surface area contributed by atoms with Crippen molar-refractivity contribution >= 4 is 87.2 Å². The Morgan fingerprint density at radius 1 is 0.312 bits per heavy atom. The summed E-state index contributed by atoms with van der Waals surface area (Å²) in [6.07, 6.45) is -10.4. The third-order valence-electron chi connectivity index (χ3n) is 15.8. The molecule has 80 heavy (non-hydrogen) atoms. The molecule has 15 aromatic rings. The average Bonchev–Trinajstić information content (AvgIpc) is 4.35. The molecular formula is C69H39F6N5. The van der Waals surface area contributed by atoms with Crippen molar-refractivity contribution in [3.05, 3.63) is 253 Å². The van der Waals surface area contributed by atoms with Crippen molar-refractivity contribution in [2.24, 2.45) is 0 Å². The average molecular weight is 1050 g/mol. The molecule has 11 heteroatoms. The van der Waals surface area contributed by atoms with Crippen LogP contribution in [0.1, 0.15) is 16.7 Å². The third kappa shape index (κ3) is 6.85. The summed E-state index contributed by atoms with van der Waals surface area (Å²) in [5.41, 5.74) is 5.81. The Morgan fingerprint density at radius 3 is 1.26 bits per heavy atom. The number of hydrogen-bond acceptors (Lipinski definition) is 1. The second-order valence-corrected chi connectivity index (χ2v) is 20.1. The molecule has 0 saturated heterocycles. The second-order valence-electron chi connectivity index (χ2n) is 20.1. The second kappa shape index (κ2) is 17.3. The van der Waals surface area contributed by atoms with Crippen LogP contribution in [-0.2, 0) is 12.4 Å². The van der Waals surface area contributed by atoms with E-state index in [4.69, 9.17) is 0 Å². The topological polar surface area (TPSA) is 43.5 Å². The summed E-state index contributed by atoms with van der Waals surface area (Å²) in [6, 6.07) is 74.4. The van der Waals surface area contributed by atoms with Crippen LogP contribution >= 0.6 is 0 Å². The highest BCUT2D eigenvalue weighted by molar-refractivity contribution is 6.28. The van der Waals surface area contributed by atoms with Gasteiger partial charge in [-0.25, -0.2) is 0 Å². The first-order chi connectivity index (χ1) is 39.0. The number of nitriles is 1. The first-order valence-electron chi connectivity index (χ1n) is 26.0. The van der Waals surface area contributed by atoms with E-state index in [2.05, 4.69) is 63.7 Å². The smallest absolute Gasteiger partial charge is 0.309 e. The minimum absolute atomic E-state index is 0.0487. The Morgan fingerprint density at radius 2 is 0.762 bits per heavy atom. The van der Waals surface area contributed by atoms with Crippen LogP contribution in [0.3, 0.4) is 0 Å². The number of alkyl halides is 6. The van der Waals surface area contributed by atoms with Crippen molar-refractivity contribution < 1.29 is 26.3 Å². The van der Waals surface area contributed by atoms with Crippen molar-refractivity contribution in [2.45, 2.75) is 12.4 Å². The molecule has 5 nitrogen and oxygen atoms in total. The van der Waals surface area contributed by atoms with Gasteiger partial charge in [-0.05, 0) is 114 Å². The number of hydrogen-bond donors (Lipinski definition) is 0. The summed E-state index contributed by atoms with van der Waals surface area (Å²) in [5.74, 6) is 0. The van der Waals surface area contributed by atoms with E-state index >= 15 is 26.3 Å².